The molecule has 0 saturated carbocycles. The van der Waals surface area contributed by atoms with E-state index in [4.69, 9.17) is 4.74 Å². The Bertz CT molecular complexity index is 922. The number of carbonyl (C=O) groups is 3. The van der Waals surface area contributed by atoms with Crippen molar-refractivity contribution in [1.82, 2.24) is 5.32 Å². The van der Waals surface area contributed by atoms with Crippen LogP contribution in [0, 0.1) is 0 Å². The second kappa shape index (κ2) is 7.23. The van der Waals surface area contributed by atoms with E-state index in [0.717, 1.165) is 19.3 Å². The van der Waals surface area contributed by atoms with E-state index in [1.54, 1.807) is 35.2 Å². The zero-order valence-electron chi connectivity index (χ0n) is 14.9. The van der Waals surface area contributed by atoms with Crippen LogP contribution < -0.4 is 10.2 Å². The summed E-state index contributed by atoms with van der Waals surface area (Å²) in [4.78, 5) is 38.0. The topological polar surface area (TPSA) is 75.7 Å². The van der Waals surface area contributed by atoms with Gasteiger partial charge in [-0.25, -0.2) is 9.59 Å². The van der Waals surface area contributed by atoms with Gasteiger partial charge in [0.1, 0.15) is 0 Å². The number of nitrogens with zero attached hydrogens (tertiary/aromatic N) is 1. The maximum absolute atomic E-state index is 12.4. The van der Waals surface area contributed by atoms with Crippen molar-refractivity contribution in [2.45, 2.75) is 19.3 Å². The molecule has 0 spiro atoms. The maximum Gasteiger partial charge on any atom is 0.338 e. The zero-order valence-corrected chi connectivity index (χ0v) is 14.9. The lowest BCUT2D eigenvalue weighted by atomic mass is 10.0. The molecule has 1 N–H and O–H groups in total. The Morgan fingerprint density at radius 1 is 1.04 bits per heavy atom. The van der Waals surface area contributed by atoms with Crippen LogP contribution in [0.4, 0.5) is 10.5 Å². The number of urea groups is 1. The van der Waals surface area contributed by atoms with E-state index >= 15 is 0 Å². The molecular weight excluding hydrogens is 344 g/mol. The summed E-state index contributed by atoms with van der Waals surface area (Å²) in [6.45, 7) is 0.822. The molecular formula is C21H20N2O4. The van der Waals surface area contributed by atoms with Crippen LogP contribution in [0.15, 0.2) is 42.5 Å². The van der Waals surface area contributed by atoms with E-state index in [9.17, 15) is 14.4 Å². The number of ether oxygens (including phenoxy) is 1. The quantitative estimate of drug-likeness (QED) is 0.654. The molecule has 0 aromatic heterocycles. The Morgan fingerprint density at radius 2 is 1.89 bits per heavy atom. The van der Waals surface area contributed by atoms with Crippen molar-refractivity contribution in [3.05, 3.63) is 64.7 Å². The number of benzene rings is 2. The van der Waals surface area contributed by atoms with E-state index in [1.165, 1.54) is 11.1 Å². The average Bonchev–Trinajstić information content (AvgIpc) is 3.33. The Hall–Kier alpha value is -3.15. The lowest BCUT2D eigenvalue weighted by molar-refractivity contribution is 0.0475. The van der Waals surface area contributed by atoms with Crippen molar-refractivity contribution in [1.29, 1.82) is 0 Å². The van der Waals surface area contributed by atoms with Crippen LogP contribution >= 0.6 is 0 Å². The van der Waals surface area contributed by atoms with Crippen LogP contribution in [0.1, 0.15) is 38.3 Å². The number of Topliss-reactive ketones (excluding diaryl/α,β-unsaturated/α-hetero) is 1. The Balaban J connectivity index is 1.40. The van der Waals surface area contributed by atoms with Gasteiger partial charge in [0.2, 0.25) is 0 Å². The normalized spacial score (nSPS) is 15.4. The first-order valence-corrected chi connectivity index (χ1v) is 9.09. The number of aryl methyl sites for hydroxylation is 2. The van der Waals surface area contributed by atoms with Gasteiger partial charge in [0, 0.05) is 24.3 Å². The first kappa shape index (κ1) is 17.3. The highest BCUT2D eigenvalue weighted by Gasteiger charge is 2.22. The summed E-state index contributed by atoms with van der Waals surface area (Å²) in [7, 11) is 0. The van der Waals surface area contributed by atoms with Crippen LogP contribution in [0.3, 0.4) is 0 Å². The molecule has 1 heterocycles. The molecule has 0 unspecified atom stereocenters. The molecule has 0 radical (unpaired) electrons. The van der Waals surface area contributed by atoms with Crippen LogP contribution in [-0.4, -0.2) is 37.5 Å². The summed E-state index contributed by atoms with van der Waals surface area (Å²) in [5.41, 5.74) is 4.03. The van der Waals surface area contributed by atoms with Gasteiger partial charge in [-0.1, -0.05) is 18.2 Å². The number of amides is 2. The molecule has 2 aliphatic rings. The number of carbonyl (C=O) groups excluding carboxylic acids is 3. The fourth-order valence-electron chi connectivity index (χ4n) is 3.56. The molecule has 0 bridgehead atoms. The SMILES string of the molecule is O=C(COC(=O)c1cccc(N2CCNC2=O)c1)c1ccc2c(c1)CCC2. The zero-order chi connectivity index (χ0) is 18.8. The van der Waals surface area contributed by atoms with Gasteiger partial charge in [0.05, 0.1) is 5.56 Å². The summed E-state index contributed by atoms with van der Waals surface area (Å²) in [5.74, 6) is -0.793. The van der Waals surface area contributed by atoms with Gasteiger partial charge < -0.3 is 10.1 Å². The first-order chi connectivity index (χ1) is 13.1. The highest BCUT2D eigenvalue weighted by atomic mass is 16.5. The monoisotopic (exact) mass is 364 g/mol. The summed E-state index contributed by atoms with van der Waals surface area (Å²) < 4.78 is 5.20. The summed E-state index contributed by atoms with van der Waals surface area (Å²) >= 11 is 0. The summed E-state index contributed by atoms with van der Waals surface area (Å²) in [6, 6.07) is 12.2. The number of anilines is 1. The van der Waals surface area contributed by atoms with Crippen LogP contribution in [0.25, 0.3) is 0 Å². The third-order valence-electron chi connectivity index (χ3n) is 5.01. The van der Waals surface area contributed by atoms with Crippen molar-refractivity contribution in [3.8, 4) is 0 Å². The number of hydrogen-bond donors (Lipinski definition) is 1. The molecule has 2 amide bonds. The highest BCUT2D eigenvalue weighted by Crippen LogP contribution is 2.23. The van der Waals surface area contributed by atoms with Crippen LogP contribution in [0.2, 0.25) is 0 Å². The van der Waals surface area contributed by atoms with E-state index < -0.39 is 5.97 Å². The fraction of sp³-hybridized carbons (Fsp3) is 0.286. The Labute approximate surface area is 157 Å². The van der Waals surface area contributed by atoms with Crippen LogP contribution in [0.5, 0.6) is 0 Å². The number of nitrogens with one attached hydrogen (secondary N) is 1. The minimum Gasteiger partial charge on any atom is -0.454 e. The minimum atomic E-state index is -0.578. The largest absolute Gasteiger partial charge is 0.454 e. The number of ketones is 1. The fourth-order valence-corrected chi connectivity index (χ4v) is 3.56. The molecule has 1 aliphatic heterocycles. The molecule has 1 fully saturated rings. The number of fused-ring (bicyclic) bond motifs is 1. The van der Waals surface area contributed by atoms with Crippen molar-refractivity contribution < 1.29 is 19.1 Å². The molecule has 27 heavy (non-hydrogen) atoms. The third kappa shape index (κ3) is 3.56. The third-order valence-corrected chi connectivity index (χ3v) is 5.01. The molecule has 1 saturated heterocycles. The van der Waals surface area contributed by atoms with Crippen molar-refractivity contribution in [3.63, 3.8) is 0 Å². The van der Waals surface area contributed by atoms with Gasteiger partial charge in [0.15, 0.2) is 12.4 Å². The van der Waals surface area contributed by atoms with Gasteiger partial charge in [-0.05, 0) is 54.7 Å². The van der Waals surface area contributed by atoms with E-state index in [0.29, 0.717) is 29.9 Å². The maximum atomic E-state index is 12.4. The smallest absolute Gasteiger partial charge is 0.338 e. The molecule has 0 atom stereocenters. The molecule has 2 aromatic rings. The van der Waals surface area contributed by atoms with Crippen molar-refractivity contribution >= 4 is 23.5 Å². The minimum absolute atomic E-state index is 0.188. The lowest BCUT2D eigenvalue weighted by Gasteiger charge is -2.15. The van der Waals surface area contributed by atoms with Gasteiger partial charge >= 0.3 is 12.0 Å². The van der Waals surface area contributed by atoms with E-state index in [-0.39, 0.29) is 18.4 Å². The number of rotatable bonds is 5. The highest BCUT2D eigenvalue weighted by molar-refractivity contribution is 6.00. The van der Waals surface area contributed by atoms with Crippen molar-refractivity contribution in [2.75, 3.05) is 24.6 Å². The average molecular weight is 364 g/mol. The molecule has 6 nitrogen and oxygen atoms in total. The number of hydrogen-bond acceptors (Lipinski definition) is 4. The van der Waals surface area contributed by atoms with Gasteiger partial charge in [-0.3, -0.25) is 9.69 Å². The standard InChI is InChI=1S/C21H20N2O4/c24-19(16-8-7-14-3-1-4-15(14)11-16)13-27-20(25)17-5-2-6-18(12-17)23-10-9-22-21(23)26/h2,5-8,11-12H,1,3-4,9-10,13H2,(H,22,26). The van der Waals surface area contributed by atoms with Gasteiger partial charge in [0.25, 0.3) is 0 Å². The predicted molar refractivity (Wildman–Crippen MR) is 100 cm³/mol. The lowest BCUT2D eigenvalue weighted by Crippen LogP contribution is -2.27. The molecule has 138 valence electrons. The second-order valence-corrected chi connectivity index (χ2v) is 6.77. The number of esters is 1. The van der Waals surface area contributed by atoms with Gasteiger partial charge in [-0.15, -0.1) is 0 Å². The predicted octanol–water partition coefficient (Wildman–Crippen LogP) is 2.74. The molecule has 4 rings (SSSR count). The first-order valence-electron chi connectivity index (χ1n) is 9.09. The van der Waals surface area contributed by atoms with Gasteiger partial charge in [-0.2, -0.15) is 0 Å². The van der Waals surface area contributed by atoms with Crippen LogP contribution in [-0.2, 0) is 17.6 Å². The Morgan fingerprint density at radius 3 is 2.70 bits per heavy atom. The van der Waals surface area contributed by atoms with E-state index in [2.05, 4.69) is 5.32 Å². The molecule has 1 aliphatic carbocycles. The molecule has 2 aromatic carbocycles. The Kier molecular flexibility index (Phi) is 4.62. The molecule has 6 heteroatoms. The summed E-state index contributed by atoms with van der Waals surface area (Å²) in [5, 5.41) is 2.72. The van der Waals surface area contributed by atoms with E-state index in [1.807, 2.05) is 12.1 Å². The second-order valence-electron chi connectivity index (χ2n) is 6.77. The van der Waals surface area contributed by atoms with Crippen molar-refractivity contribution in [2.24, 2.45) is 0 Å². The summed E-state index contributed by atoms with van der Waals surface area (Å²) in [6.07, 6.45) is 3.17.